The Morgan fingerprint density at radius 1 is 0.913 bits per heavy atom. The topological polar surface area (TPSA) is 101 Å². The highest BCUT2D eigenvalue weighted by Gasteiger charge is 2.35. The van der Waals surface area contributed by atoms with E-state index in [1.165, 1.54) is 12.1 Å². The van der Waals surface area contributed by atoms with E-state index in [0.717, 1.165) is 48.3 Å². The fourth-order valence-corrected chi connectivity index (χ4v) is 5.58. The Bertz CT molecular complexity index is 1880. The Morgan fingerprint density at radius 2 is 1.67 bits per heavy atom. The van der Waals surface area contributed by atoms with E-state index in [1.54, 1.807) is 53.6 Å². The third-order valence-electron chi connectivity index (χ3n) is 8.23. The molecule has 2 aromatic carbocycles. The number of amides is 1. The first-order valence-electron chi connectivity index (χ1n) is 14.9. The van der Waals surface area contributed by atoms with Gasteiger partial charge in [-0.05, 0) is 99.4 Å². The van der Waals surface area contributed by atoms with Crippen LogP contribution in [0.25, 0.3) is 22.5 Å². The van der Waals surface area contributed by atoms with Crippen LogP contribution < -0.4 is 10.6 Å². The van der Waals surface area contributed by atoms with Gasteiger partial charge in [0.05, 0.1) is 22.6 Å². The number of halogens is 3. The number of carbonyl (C=O) groups is 1. The molecule has 1 saturated heterocycles. The standard InChI is InChI=1S/C34H33F3N8O/c1-21-4-5-24(32(46)40-30-7-6-23(17-27(30)34(35,36)37)22-9-13-44(2)14-10-22)18-31(21)42-33-39-12-8-28(41-33)25-16-26(20-38-19-25)29-11-15-45(3)43-29/h4-8,11-12,15-20,22H,9-10,13-14H2,1-3H3,(H,40,46)(H,39,41,42). The normalized spacial score (nSPS) is 14.3. The van der Waals surface area contributed by atoms with Crippen LogP contribution >= 0.6 is 0 Å². The van der Waals surface area contributed by atoms with Crippen molar-refractivity contribution in [2.45, 2.75) is 31.9 Å². The van der Waals surface area contributed by atoms with Gasteiger partial charge in [-0.25, -0.2) is 9.97 Å². The highest BCUT2D eigenvalue weighted by molar-refractivity contribution is 6.05. The summed E-state index contributed by atoms with van der Waals surface area (Å²) in [6, 6.07) is 14.7. The molecule has 6 rings (SSSR count). The Kier molecular flexibility index (Phi) is 8.55. The van der Waals surface area contributed by atoms with Crippen molar-refractivity contribution in [3.63, 3.8) is 0 Å². The van der Waals surface area contributed by atoms with Crippen LogP contribution in [-0.2, 0) is 13.2 Å². The number of pyridine rings is 1. The number of nitrogens with zero attached hydrogens (tertiary/aromatic N) is 6. The van der Waals surface area contributed by atoms with Gasteiger partial charge in [0.1, 0.15) is 0 Å². The molecule has 0 saturated carbocycles. The molecule has 236 valence electrons. The first-order valence-corrected chi connectivity index (χ1v) is 14.9. The van der Waals surface area contributed by atoms with E-state index in [9.17, 15) is 18.0 Å². The molecule has 9 nitrogen and oxygen atoms in total. The van der Waals surface area contributed by atoms with Gasteiger partial charge in [0.25, 0.3) is 5.91 Å². The summed E-state index contributed by atoms with van der Waals surface area (Å²) in [5.41, 5.74) is 4.04. The van der Waals surface area contributed by atoms with E-state index in [0.29, 0.717) is 16.9 Å². The van der Waals surface area contributed by atoms with Gasteiger partial charge in [-0.3, -0.25) is 14.5 Å². The number of anilines is 3. The van der Waals surface area contributed by atoms with Crippen molar-refractivity contribution < 1.29 is 18.0 Å². The minimum absolute atomic E-state index is 0.0505. The SMILES string of the molecule is Cc1ccc(C(=O)Nc2ccc(C3CCN(C)CC3)cc2C(F)(F)F)cc1Nc1nccc(-c2cncc(-c3ccn(C)n3)c2)n1. The van der Waals surface area contributed by atoms with Gasteiger partial charge < -0.3 is 15.5 Å². The molecule has 1 fully saturated rings. The Labute approximate surface area is 264 Å². The number of nitrogens with one attached hydrogen (secondary N) is 2. The number of carbonyl (C=O) groups excluding carboxylic acids is 1. The Balaban J connectivity index is 1.21. The molecule has 4 heterocycles. The van der Waals surface area contributed by atoms with Gasteiger partial charge in [-0.15, -0.1) is 0 Å². The summed E-state index contributed by atoms with van der Waals surface area (Å²) in [5.74, 6) is -0.326. The first-order chi connectivity index (χ1) is 22.0. The number of hydrogen-bond donors (Lipinski definition) is 2. The van der Waals surface area contributed by atoms with Crippen LogP contribution in [0.5, 0.6) is 0 Å². The minimum Gasteiger partial charge on any atom is -0.324 e. The molecule has 0 radical (unpaired) electrons. The van der Waals surface area contributed by atoms with Gasteiger partial charge in [0.2, 0.25) is 5.95 Å². The van der Waals surface area contributed by atoms with Crippen LogP contribution in [-0.4, -0.2) is 55.7 Å². The van der Waals surface area contributed by atoms with Crippen LogP contribution in [0.2, 0.25) is 0 Å². The predicted octanol–water partition coefficient (Wildman–Crippen LogP) is 7.07. The number of benzene rings is 2. The van der Waals surface area contributed by atoms with Crippen molar-refractivity contribution in [2.75, 3.05) is 30.8 Å². The van der Waals surface area contributed by atoms with E-state index in [1.807, 2.05) is 39.3 Å². The molecule has 0 bridgehead atoms. The monoisotopic (exact) mass is 626 g/mol. The predicted molar refractivity (Wildman–Crippen MR) is 171 cm³/mol. The molecule has 0 aliphatic carbocycles. The third kappa shape index (κ3) is 6.91. The molecule has 12 heteroatoms. The average molecular weight is 627 g/mol. The fraction of sp³-hybridized carbons (Fsp3) is 0.265. The van der Waals surface area contributed by atoms with E-state index in [2.05, 4.69) is 35.6 Å². The molecule has 1 aliphatic heterocycles. The maximum atomic E-state index is 14.1. The lowest BCUT2D eigenvalue weighted by Gasteiger charge is -2.29. The summed E-state index contributed by atoms with van der Waals surface area (Å²) >= 11 is 0. The first kappa shape index (κ1) is 30.9. The maximum absolute atomic E-state index is 14.1. The van der Waals surface area contributed by atoms with Crippen molar-refractivity contribution in [2.24, 2.45) is 7.05 Å². The summed E-state index contributed by atoms with van der Waals surface area (Å²) in [5, 5.41) is 10.1. The second kappa shape index (κ2) is 12.7. The van der Waals surface area contributed by atoms with Crippen LogP contribution in [0.3, 0.4) is 0 Å². The molecular formula is C34H33F3N8O. The van der Waals surface area contributed by atoms with Crippen molar-refractivity contribution >= 4 is 23.2 Å². The van der Waals surface area contributed by atoms with Crippen molar-refractivity contribution in [3.8, 4) is 22.5 Å². The van der Waals surface area contributed by atoms with Crippen LogP contribution in [0.1, 0.15) is 45.8 Å². The zero-order chi connectivity index (χ0) is 32.4. The molecule has 3 aromatic heterocycles. The highest BCUT2D eigenvalue weighted by atomic mass is 19.4. The largest absolute Gasteiger partial charge is 0.418 e. The van der Waals surface area contributed by atoms with Crippen LogP contribution in [0.15, 0.2) is 79.4 Å². The lowest BCUT2D eigenvalue weighted by molar-refractivity contribution is -0.137. The summed E-state index contributed by atoms with van der Waals surface area (Å²) in [4.78, 5) is 28.7. The summed E-state index contributed by atoms with van der Waals surface area (Å²) < 4.78 is 44.1. The average Bonchev–Trinajstić information content (AvgIpc) is 3.48. The number of alkyl halides is 3. The zero-order valence-electron chi connectivity index (χ0n) is 25.6. The second-order valence-corrected chi connectivity index (χ2v) is 11.6. The fourth-order valence-electron chi connectivity index (χ4n) is 5.58. The molecule has 1 aliphatic rings. The number of piperidine rings is 1. The molecule has 0 unspecified atom stereocenters. The van der Waals surface area contributed by atoms with Gasteiger partial charge in [-0.2, -0.15) is 18.3 Å². The number of rotatable bonds is 7. The lowest BCUT2D eigenvalue weighted by Crippen LogP contribution is -2.29. The highest BCUT2D eigenvalue weighted by Crippen LogP contribution is 2.39. The van der Waals surface area contributed by atoms with E-state index < -0.39 is 17.6 Å². The van der Waals surface area contributed by atoms with Gasteiger partial charge in [0, 0.05) is 54.2 Å². The molecule has 1 amide bonds. The molecule has 46 heavy (non-hydrogen) atoms. The van der Waals surface area contributed by atoms with E-state index >= 15 is 0 Å². The lowest BCUT2D eigenvalue weighted by atomic mass is 9.88. The van der Waals surface area contributed by atoms with E-state index in [4.69, 9.17) is 0 Å². The molecular weight excluding hydrogens is 593 g/mol. The van der Waals surface area contributed by atoms with Crippen LogP contribution in [0.4, 0.5) is 30.5 Å². The van der Waals surface area contributed by atoms with Crippen LogP contribution in [0, 0.1) is 6.92 Å². The second-order valence-electron chi connectivity index (χ2n) is 11.6. The Morgan fingerprint density at radius 3 is 2.39 bits per heavy atom. The zero-order valence-corrected chi connectivity index (χ0v) is 25.6. The van der Waals surface area contributed by atoms with Gasteiger partial charge in [-0.1, -0.05) is 12.1 Å². The molecule has 0 spiro atoms. The number of aromatic nitrogens is 5. The molecule has 0 atom stereocenters. The number of aryl methyl sites for hydroxylation is 2. The van der Waals surface area contributed by atoms with Crippen molar-refractivity contribution in [1.82, 2.24) is 29.6 Å². The molecule has 2 N–H and O–H groups in total. The van der Waals surface area contributed by atoms with Gasteiger partial charge in [0.15, 0.2) is 0 Å². The number of likely N-dealkylation sites (tertiary alicyclic amines) is 1. The Hall–Kier alpha value is -5.10. The van der Waals surface area contributed by atoms with Gasteiger partial charge >= 0.3 is 6.18 Å². The van der Waals surface area contributed by atoms with Crippen molar-refractivity contribution in [1.29, 1.82) is 0 Å². The summed E-state index contributed by atoms with van der Waals surface area (Å²) in [6.45, 7) is 3.51. The van der Waals surface area contributed by atoms with Crippen molar-refractivity contribution in [3.05, 3.63) is 102 Å². The minimum atomic E-state index is -4.63. The maximum Gasteiger partial charge on any atom is 0.418 e. The summed E-state index contributed by atoms with van der Waals surface area (Å²) in [7, 11) is 3.85. The van der Waals surface area contributed by atoms with E-state index in [-0.39, 0.29) is 23.1 Å². The molecule has 5 aromatic rings. The number of hydrogen-bond acceptors (Lipinski definition) is 7. The summed E-state index contributed by atoms with van der Waals surface area (Å²) in [6.07, 6.45) is 3.85. The quantitative estimate of drug-likeness (QED) is 0.199. The smallest absolute Gasteiger partial charge is 0.324 e. The third-order valence-corrected chi connectivity index (χ3v) is 8.23.